The van der Waals surface area contributed by atoms with Crippen molar-refractivity contribution >= 4 is 44.8 Å². The van der Waals surface area contributed by atoms with E-state index < -0.39 is 17.2 Å². The quantitative estimate of drug-likeness (QED) is 0.498. The molecule has 5 rings (SSSR count). The van der Waals surface area contributed by atoms with Crippen LogP contribution in [0.25, 0.3) is 33.2 Å². The van der Waals surface area contributed by atoms with E-state index in [9.17, 15) is 14.4 Å². The fourth-order valence-corrected chi connectivity index (χ4v) is 3.11. The molecule has 0 radical (unpaired) electrons. The van der Waals surface area contributed by atoms with E-state index in [4.69, 9.17) is 8.83 Å². The van der Waals surface area contributed by atoms with Crippen molar-refractivity contribution < 1.29 is 13.6 Å². The Hall–Kier alpha value is -4.14. The monoisotopic (exact) mass is 376 g/mol. The number of benzene rings is 2. The molecule has 9 heteroatoms. The molecule has 2 N–H and O–H groups in total. The molecule has 3 heterocycles. The van der Waals surface area contributed by atoms with Crippen molar-refractivity contribution in [1.29, 1.82) is 0 Å². The maximum atomic E-state index is 12.7. The van der Waals surface area contributed by atoms with Crippen LogP contribution in [0.15, 0.2) is 67.2 Å². The van der Waals surface area contributed by atoms with Gasteiger partial charge in [-0.2, -0.15) is 0 Å². The van der Waals surface area contributed by atoms with E-state index in [2.05, 4.69) is 15.3 Å². The van der Waals surface area contributed by atoms with Gasteiger partial charge in [0, 0.05) is 11.1 Å². The zero-order valence-corrected chi connectivity index (χ0v) is 14.3. The second kappa shape index (κ2) is 5.95. The minimum atomic E-state index is -0.574. The Bertz CT molecular complexity index is 1490. The van der Waals surface area contributed by atoms with Gasteiger partial charge >= 0.3 is 5.76 Å². The molecule has 0 fully saturated rings. The molecule has 0 bridgehead atoms. The lowest BCUT2D eigenvalue weighted by atomic mass is 10.2. The summed E-state index contributed by atoms with van der Waals surface area (Å²) in [5.41, 5.74) is 2.00. The standard InChI is InChI=1S/C19H12N4O5/c24-15(21-10-5-6-14-12(7-10)22-19(26)28-14)8-23-9-20-16-11-3-1-2-4-13(11)27-17(16)18(23)25/h1-7,9H,8H2,(H,21,24)(H,22,26). The van der Waals surface area contributed by atoms with Crippen LogP contribution in [0.4, 0.5) is 5.69 Å². The molecule has 9 nitrogen and oxygen atoms in total. The number of rotatable bonds is 3. The van der Waals surface area contributed by atoms with Gasteiger partial charge in [-0.1, -0.05) is 12.1 Å². The predicted molar refractivity (Wildman–Crippen MR) is 101 cm³/mol. The number of carbonyl (C=O) groups is 1. The van der Waals surface area contributed by atoms with Crippen LogP contribution in [0.5, 0.6) is 0 Å². The molecular formula is C19H12N4O5. The third-order valence-electron chi connectivity index (χ3n) is 4.37. The van der Waals surface area contributed by atoms with Crippen LogP contribution >= 0.6 is 0 Å². The molecule has 2 aromatic carbocycles. The number of H-pyrrole nitrogens is 1. The minimum absolute atomic E-state index is 0.105. The summed E-state index contributed by atoms with van der Waals surface area (Å²) in [5, 5.41) is 3.42. The fourth-order valence-electron chi connectivity index (χ4n) is 3.11. The van der Waals surface area contributed by atoms with Crippen LogP contribution in [0.2, 0.25) is 0 Å². The number of anilines is 1. The highest BCUT2D eigenvalue weighted by Gasteiger charge is 2.15. The van der Waals surface area contributed by atoms with Gasteiger partial charge in [0.05, 0.1) is 11.8 Å². The van der Waals surface area contributed by atoms with Crippen molar-refractivity contribution in [3.63, 3.8) is 0 Å². The first-order chi connectivity index (χ1) is 13.6. The van der Waals surface area contributed by atoms with Gasteiger partial charge in [-0.25, -0.2) is 9.78 Å². The third kappa shape index (κ3) is 2.57. The van der Waals surface area contributed by atoms with Crippen LogP contribution in [0, 0.1) is 0 Å². The number of nitrogens with one attached hydrogen (secondary N) is 2. The SMILES string of the molecule is O=C(Cn1cnc2c(oc3ccccc32)c1=O)Nc1ccc2oc(=O)[nH]c2c1. The Morgan fingerprint density at radius 2 is 1.96 bits per heavy atom. The maximum Gasteiger partial charge on any atom is 0.417 e. The summed E-state index contributed by atoms with van der Waals surface area (Å²) in [6, 6.07) is 12.0. The van der Waals surface area contributed by atoms with Crippen LogP contribution in [-0.2, 0) is 11.3 Å². The van der Waals surface area contributed by atoms with Crippen molar-refractivity contribution in [3.05, 3.63) is 69.7 Å². The van der Waals surface area contributed by atoms with E-state index in [0.29, 0.717) is 27.9 Å². The molecule has 0 atom stereocenters. The number of carbonyl (C=O) groups excluding carboxylic acids is 1. The lowest BCUT2D eigenvalue weighted by Crippen LogP contribution is -2.27. The van der Waals surface area contributed by atoms with Crippen molar-refractivity contribution in [1.82, 2.24) is 14.5 Å². The Morgan fingerprint density at radius 3 is 2.86 bits per heavy atom. The normalized spacial score (nSPS) is 11.4. The van der Waals surface area contributed by atoms with Crippen molar-refractivity contribution in [2.75, 3.05) is 5.32 Å². The molecule has 5 aromatic rings. The van der Waals surface area contributed by atoms with E-state index in [1.807, 2.05) is 12.1 Å². The van der Waals surface area contributed by atoms with E-state index >= 15 is 0 Å². The van der Waals surface area contributed by atoms with Gasteiger partial charge in [-0.15, -0.1) is 0 Å². The predicted octanol–water partition coefficient (Wildman–Crippen LogP) is 2.22. The number of aromatic nitrogens is 3. The lowest BCUT2D eigenvalue weighted by molar-refractivity contribution is -0.116. The number of oxazole rings is 1. The Labute approximate surface area is 155 Å². The average molecular weight is 376 g/mol. The first-order valence-electron chi connectivity index (χ1n) is 8.38. The van der Waals surface area contributed by atoms with Crippen LogP contribution in [-0.4, -0.2) is 20.4 Å². The van der Waals surface area contributed by atoms with E-state index in [1.165, 1.54) is 10.9 Å². The molecule has 0 aliphatic rings. The van der Waals surface area contributed by atoms with Crippen LogP contribution in [0.3, 0.4) is 0 Å². The van der Waals surface area contributed by atoms with Gasteiger partial charge in [0.15, 0.2) is 5.58 Å². The smallest absolute Gasteiger partial charge is 0.417 e. The molecule has 0 unspecified atom stereocenters. The minimum Gasteiger partial charge on any atom is -0.448 e. The largest absolute Gasteiger partial charge is 0.448 e. The van der Waals surface area contributed by atoms with Crippen molar-refractivity contribution in [2.45, 2.75) is 6.54 Å². The second-order valence-electron chi connectivity index (χ2n) is 6.23. The van der Waals surface area contributed by atoms with E-state index in [-0.39, 0.29) is 12.1 Å². The summed E-state index contributed by atoms with van der Waals surface area (Å²) in [6.07, 6.45) is 1.32. The van der Waals surface area contributed by atoms with Crippen LogP contribution < -0.4 is 16.6 Å². The van der Waals surface area contributed by atoms with Gasteiger partial charge in [-0.3, -0.25) is 19.1 Å². The molecule has 0 aliphatic carbocycles. The number of hydrogen-bond donors (Lipinski definition) is 2. The number of hydrogen-bond acceptors (Lipinski definition) is 6. The number of para-hydroxylation sites is 1. The Balaban J connectivity index is 1.44. The zero-order valence-electron chi connectivity index (χ0n) is 14.3. The third-order valence-corrected chi connectivity index (χ3v) is 4.37. The highest BCUT2D eigenvalue weighted by Crippen LogP contribution is 2.24. The highest BCUT2D eigenvalue weighted by atomic mass is 16.4. The van der Waals surface area contributed by atoms with E-state index in [0.717, 1.165) is 5.39 Å². The molecule has 28 heavy (non-hydrogen) atoms. The maximum absolute atomic E-state index is 12.7. The fraction of sp³-hybridized carbons (Fsp3) is 0.0526. The average Bonchev–Trinajstić information content (AvgIpc) is 3.23. The van der Waals surface area contributed by atoms with Gasteiger partial charge in [-0.05, 0) is 30.3 Å². The first kappa shape index (κ1) is 16.1. The van der Waals surface area contributed by atoms with Gasteiger partial charge in [0.2, 0.25) is 11.5 Å². The summed E-state index contributed by atoms with van der Waals surface area (Å²) in [6.45, 7) is -0.237. The Kier molecular flexibility index (Phi) is 3.41. The van der Waals surface area contributed by atoms with Crippen molar-refractivity contribution in [2.24, 2.45) is 0 Å². The van der Waals surface area contributed by atoms with E-state index in [1.54, 1.807) is 30.3 Å². The summed E-state index contributed by atoms with van der Waals surface area (Å²) in [4.78, 5) is 43.0. The summed E-state index contributed by atoms with van der Waals surface area (Å²) in [5.74, 6) is -1.00. The second-order valence-corrected chi connectivity index (χ2v) is 6.23. The zero-order chi connectivity index (χ0) is 19.3. The number of furan rings is 1. The summed E-state index contributed by atoms with van der Waals surface area (Å²) >= 11 is 0. The summed E-state index contributed by atoms with van der Waals surface area (Å²) in [7, 11) is 0. The molecule has 1 amide bonds. The number of fused-ring (bicyclic) bond motifs is 4. The molecule has 3 aromatic heterocycles. The number of amides is 1. The number of nitrogens with zero attached hydrogens (tertiary/aromatic N) is 2. The van der Waals surface area contributed by atoms with Gasteiger partial charge in [0.25, 0.3) is 5.56 Å². The lowest BCUT2D eigenvalue weighted by Gasteiger charge is -2.07. The van der Waals surface area contributed by atoms with Gasteiger partial charge < -0.3 is 14.2 Å². The number of aromatic amines is 1. The molecule has 138 valence electrons. The molecule has 0 saturated heterocycles. The molecule has 0 aliphatic heterocycles. The first-order valence-corrected chi connectivity index (χ1v) is 8.38. The Morgan fingerprint density at radius 1 is 1.11 bits per heavy atom. The van der Waals surface area contributed by atoms with Gasteiger partial charge in [0.1, 0.15) is 17.6 Å². The topological polar surface area (TPSA) is 123 Å². The van der Waals surface area contributed by atoms with Crippen LogP contribution in [0.1, 0.15) is 0 Å². The highest BCUT2D eigenvalue weighted by molar-refractivity contribution is 6.01. The summed E-state index contributed by atoms with van der Waals surface area (Å²) < 4.78 is 11.7. The molecular weight excluding hydrogens is 364 g/mol. The molecule has 0 spiro atoms. The van der Waals surface area contributed by atoms with Crippen molar-refractivity contribution in [3.8, 4) is 0 Å². The molecule has 0 saturated carbocycles.